The van der Waals surface area contributed by atoms with Crippen molar-refractivity contribution in [3.8, 4) is 0 Å². The van der Waals surface area contributed by atoms with Gasteiger partial charge in [-0.25, -0.2) is 0 Å². The van der Waals surface area contributed by atoms with Crippen LogP contribution in [0.15, 0.2) is 24.3 Å². The average Bonchev–Trinajstić information content (AvgIpc) is 2.12. The molecule has 0 N–H and O–H groups in total. The third kappa shape index (κ3) is 2.03. The molecule has 0 aliphatic heterocycles. The molecule has 2 rings (SSSR count). The van der Waals surface area contributed by atoms with Gasteiger partial charge in [-0.2, -0.15) is 0 Å². The first kappa shape index (κ1) is 9.45. The van der Waals surface area contributed by atoms with Crippen LogP contribution in [0.5, 0.6) is 0 Å². The van der Waals surface area contributed by atoms with Crippen molar-refractivity contribution in [2.24, 2.45) is 5.92 Å². The summed E-state index contributed by atoms with van der Waals surface area (Å²) >= 11 is 0. The third-order valence-electron chi connectivity index (χ3n) is 3.11. The Bertz CT molecular complexity index is 320. The van der Waals surface area contributed by atoms with Crippen LogP contribution in [0.4, 0.5) is 0 Å². The molecular formula is C13H16O. The highest BCUT2D eigenvalue weighted by Gasteiger charge is 2.17. The SMILES string of the molecule is CC(=O)c1ccc(CC2CCC2)cc1. The molecule has 1 heteroatoms. The van der Waals surface area contributed by atoms with E-state index in [0.29, 0.717) is 0 Å². The summed E-state index contributed by atoms with van der Waals surface area (Å²) < 4.78 is 0. The molecular weight excluding hydrogens is 172 g/mol. The van der Waals surface area contributed by atoms with E-state index in [1.165, 1.54) is 31.2 Å². The van der Waals surface area contributed by atoms with Gasteiger partial charge < -0.3 is 0 Å². The standard InChI is InChI=1S/C13H16O/c1-10(14)13-7-5-12(6-8-13)9-11-3-2-4-11/h5-8,11H,2-4,9H2,1H3. The first-order valence-electron chi connectivity index (χ1n) is 5.35. The molecule has 1 fully saturated rings. The molecule has 0 unspecified atom stereocenters. The number of rotatable bonds is 3. The lowest BCUT2D eigenvalue weighted by Gasteiger charge is -2.25. The van der Waals surface area contributed by atoms with Gasteiger partial charge in [0.25, 0.3) is 0 Å². The van der Waals surface area contributed by atoms with E-state index in [-0.39, 0.29) is 5.78 Å². The number of ketones is 1. The fraction of sp³-hybridized carbons (Fsp3) is 0.462. The minimum Gasteiger partial charge on any atom is -0.295 e. The summed E-state index contributed by atoms with van der Waals surface area (Å²) in [5.41, 5.74) is 2.20. The molecule has 1 saturated carbocycles. The van der Waals surface area contributed by atoms with Crippen LogP contribution < -0.4 is 0 Å². The maximum Gasteiger partial charge on any atom is 0.159 e. The summed E-state index contributed by atoms with van der Waals surface area (Å²) in [6, 6.07) is 8.07. The number of carbonyl (C=O) groups excluding carboxylic acids is 1. The van der Waals surface area contributed by atoms with Crippen molar-refractivity contribution in [3.63, 3.8) is 0 Å². The Hall–Kier alpha value is -1.11. The van der Waals surface area contributed by atoms with Crippen molar-refractivity contribution in [1.29, 1.82) is 0 Å². The summed E-state index contributed by atoms with van der Waals surface area (Å²) in [5, 5.41) is 0. The predicted octanol–water partition coefficient (Wildman–Crippen LogP) is 3.23. The van der Waals surface area contributed by atoms with Crippen molar-refractivity contribution in [2.45, 2.75) is 32.6 Å². The molecule has 0 amide bonds. The van der Waals surface area contributed by atoms with Gasteiger partial charge in [-0.05, 0) is 24.8 Å². The van der Waals surface area contributed by atoms with Crippen LogP contribution in [0.2, 0.25) is 0 Å². The minimum absolute atomic E-state index is 0.153. The first-order valence-corrected chi connectivity index (χ1v) is 5.35. The summed E-state index contributed by atoms with van der Waals surface area (Å²) in [4.78, 5) is 11.0. The Kier molecular flexibility index (Phi) is 2.67. The molecule has 1 aromatic rings. The fourth-order valence-corrected chi connectivity index (χ4v) is 1.91. The fourth-order valence-electron chi connectivity index (χ4n) is 1.91. The molecule has 1 nitrogen and oxygen atoms in total. The molecule has 1 aliphatic carbocycles. The van der Waals surface area contributed by atoms with Crippen LogP contribution in [0.25, 0.3) is 0 Å². The van der Waals surface area contributed by atoms with Gasteiger partial charge in [-0.15, -0.1) is 0 Å². The first-order chi connectivity index (χ1) is 6.75. The summed E-state index contributed by atoms with van der Waals surface area (Å²) in [5.74, 6) is 1.05. The van der Waals surface area contributed by atoms with Gasteiger partial charge >= 0.3 is 0 Å². The van der Waals surface area contributed by atoms with Gasteiger partial charge in [0.1, 0.15) is 0 Å². The third-order valence-corrected chi connectivity index (χ3v) is 3.11. The maximum atomic E-state index is 11.0. The number of hydrogen-bond donors (Lipinski definition) is 0. The molecule has 0 aromatic heterocycles. The Balaban J connectivity index is 2.01. The van der Waals surface area contributed by atoms with Crippen LogP contribution >= 0.6 is 0 Å². The number of benzene rings is 1. The monoisotopic (exact) mass is 188 g/mol. The van der Waals surface area contributed by atoms with E-state index in [9.17, 15) is 4.79 Å². The maximum absolute atomic E-state index is 11.0. The van der Waals surface area contributed by atoms with Crippen molar-refractivity contribution < 1.29 is 4.79 Å². The number of carbonyl (C=O) groups is 1. The normalized spacial score (nSPS) is 16.4. The zero-order valence-corrected chi connectivity index (χ0v) is 8.62. The largest absolute Gasteiger partial charge is 0.295 e. The van der Waals surface area contributed by atoms with E-state index < -0.39 is 0 Å². The van der Waals surface area contributed by atoms with Crippen LogP contribution in [0, 0.1) is 5.92 Å². The lowest BCUT2D eigenvalue weighted by molar-refractivity contribution is 0.101. The van der Waals surface area contributed by atoms with Crippen molar-refractivity contribution in [2.75, 3.05) is 0 Å². The molecule has 74 valence electrons. The van der Waals surface area contributed by atoms with Crippen LogP contribution in [-0.2, 0) is 6.42 Å². The van der Waals surface area contributed by atoms with Crippen molar-refractivity contribution >= 4 is 5.78 Å². The van der Waals surface area contributed by atoms with Crippen LogP contribution in [-0.4, -0.2) is 5.78 Å². The van der Waals surface area contributed by atoms with Gasteiger partial charge in [0, 0.05) is 5.56 Å². The summed E-state index contributed by atoms with van der Waals surface area (Å²) in [7, 11) is 0. The predicted molar refractivity (Wildman–Crippen MR) is 57.5 cm³/mol. The molecule has 0 bridgehead atoms. The highest BCUT2D eigenvalue weighted by Crippen LogP contribution is 2.29. The van der Waals surface area contributed by atoms with E-state index in [1.54, 1.807) is 6.92 Å². The van der Waals surface area contributed by atoms with Crippen molar-refractivity contribution in [1.82, 2.24) is 0 Å². The molecule has 1 aliphatic rings. The number of hydrogen-bond acceptors (Lipinski definition) is 1. The van der Waals surface area contributed by atoms with E-state index in [1.807, 2.05) is 12.1 Å². The van der Waals surface area contributed by atoms with Crippen molar-refractivity contribution in [3.05, 3.63) is 35.4 Å². The highest BCUT2D eigenvalue weighted by molar-refractivity contribution is 5.93. The topological polar surface area (TPSA) is 17.1 Å². The van der Waals surface area contributed by atoms with Gasteiger partial charge in [-0.3, -0.25) is 4.79 Å². The Labute approximate surface area is 85.1 Å². The Morgan fingerprint density at radius 3 is 2.36 bits per heavy atom. The summed E-state index contributed by atoms with van der Waals surface area (Å²) in [6.07, 6.45) is 5.36. The number of Topliss-reactive ketones (excluding diaryl/α,β-unsaturated/α-hetero) is 1. The second kappa shape index (κ2) is 3.95. The van der Waals surface area contributed by atoms with E-state index in [2.05, 4.69) is 12.1 Å². The molecule has 0 heterocycles. The van der Waals surface area contributed by atoms with E-state index in [4.69, 9.17) is 0 Å². The zero-order chi connectivity index (χ0) is 9.97. The highest BCUT2D eigenvalue weighted by atomic mass is 16.1. The Morgan fingerprint density at radius 1 is 1.29 bits per heavy atom. The molecule has 0 saturated heterocycles. The van der Waals surface area contributed by atoms with E-state index >= 15 is 0 Å². The molecule has 0 radical (unpaired) electrons. The molecule has 14 heavy (non-hydrogen) atoms. The average molecular weight is 188 g/mol. The van der Waals surface area contributed by atoms with Crippen LogP contribution in [0.1, 0.15) is 42.1 Å². The lowest BCUT2D eigenvalue weighted by Crippen LogP contribution is -2.13. The zero-order valence-electron chi connectivity index (χ0n) is 8.62. The van der Waals surface area contributed by atoms with E-state index in [0.717, 1.165) is 11.5 Å². The molecule has 0 atom stereocenters. The molecule has 1 aromatic carbocycles. The quantitative estimate of drug-likeness (QED) is 0.665. The Morgan fingerprint density at radius 2 is 1.93 bits per heavy atom. The van der Waals surface area contributed by atoms with Gasteiger partial charge in [-0.1, -0.05) is 43.5 Å². The minimum atomic E-state index is 0.153. The second-order valence-corrected chi connectivity index (χ2v) is 4.25. The van der Waals surface area contributed by atoms with Gasteiger partial charge in [0.15, 0.2) is 5.78 Å². The smallest absolute Gasteiger partial charge is 0.159 e. The van der Waals surface area contributed by atoms with Gasteiger partial charge in [0.2, 0.25) is 0 Å². The van der Waals surface area contributed by atoms with Gasteiger partial charge in [0.05, 0.1) is 0 Å². The van der Waals surface area contributed by atoms with Crippen LogP contribution in [0.3, 0.4) is 0 Å². The molecule has 0 spiro atoms. The second-order valence-electron chi connectivity index (χ2n) is 4.25. The lowest BCUT2D eigenvalue weighted by atomic mass is 9.81. The summed E-state index contributed by atoms with van der Waals surface area (Å²) in [6.45, 7) is 1.61.